The van der Waals surface area contributed by atoms with Gasteiger partial charge in [-0.15, -0.1) is 24.0 Å². The maximum absolute atomic E-state index is 5.74. The van der Waals surface area contributed by atoms with Gasteiger partial charge in [0.15, 0.2) is 5.96 Å². The lowest BCUT2D eigenvalue weighted by molar-refractivity contribution is 0.0893. The lowest BCUT2D eigenvalue weighted by Gasteiger charge is -2.30. The molecule has 0 spiro atoms. The Morgan fingerprint density at radius 2 is 2.11 bits per heavy atom. The molecule has 2 unspecified atom stereocenters. The Hall–Kier alpha value is -0.120. The van der Waals surface area contributed by atoms with Crippen LogP contribution in [-0.4, -0.2) is 76.6 Å². The number of rotatable bonds is 12. The van der Waals surface area contributed by atoms with E-state index in [-0.39, 0.29) is 24.0 Å². The first-order valence-electron chi connectivity index (χ1n) is 11.2. The molecule has 2 saturated heterocycles. The third-order valence-electron chi connectivity index (χ3n) is 5.37. The smallest absolute Gasteiger partial charge is 0.191 e. The van der Waals surface area contributed by atoms with Crippen molar-refractivity contribution in [1.29, 1.82) is 0 Å². The number of unbranched alkanes of at least 4 members (excludes halogenated alkanes) is 1. The van der Waals surface area contributed by atoms with Crippen LogP contribution in [0.5, 0.6) is 0 Å². The maximum Gasteiger partial charge on any atom is 0.191 e. The first kappa shape index (κ1) is 25.9. The fraction of sp³-hybridized carbons (Fsp3) is 0.952. The van der Waals surface area contributed by atoms with Crippen LogP contribution in [0.3, 0.4) is 0 Å². The summed E-state index contributed by atoms with van der Waals surface area (Å²) in [6.45, 7) is 14.4. The first-order chi connectivity index (χ1) is 13.3. The van der Waals surface area contributed by atoms with E-state index in [2.05, 4.69) is 34.4 Å². The van der Waals surface area contributed by atoms with Gasteiger partial charge in [-0.2, -0.15) is 0 Å². The third-order valence-corrected chi connectivity index (χ3v) is 5.37. The molecular weight excluding hydrogens is 467 g/mol. The lowest BCUT2D eigenvalue weighted by atomic mass is 10.0. The Morgan fingerprint density at radius 1 is 1.21 bits per heavy atom. The standard InChI is InChI=1S/C21H42N4O2.HI/c1-3-22-21(24-11-7-14-26-17-20-9-15-27-18-20)23-10-4-5-12-25-13-6-8-19(2)16-25;/h19-20H,3-18H2,1-2H3,(H2,22,23,24);1H. The first-order valence-corrected chi connectivity index (χ1v) is 11.2. The molecule has 2 aliphatic rings. The number of ether oxygens (including phenoxy) is 2. The highest BCUT2D eigenvalue weighted by molar-refractivity contribution is 14.0. The van der Waals surface area contributed by atoms with E-state index in [9.17, 15) is 0 Å². The molecular formula is C21H43IN4O2. The molecule has 0 aromatic heterocycles. The van der Waals surface area contributed by atoms with Gasteiger partial charge in [0.1, 0.15) is 0 Å². The monoisotopic (exact) mass is 510 g/mol. The minimum Gasteiger partial charge on any atom is -0.381 e. The third kappa shape index (κ3) is 11.8. The highest BCUT2D eigenvalue weighted by Crippen LogP contribution is 2.15. The average molecular weight is 511 g/mol. The zero-order valence-electron chi connectivity index (χ0n) is 18.1. The van der Waals surface area contributed by atoms with Crippen LogP contribution in [0.4, 0.5) is 0 Å². The summed E-state index contributed by atoms with van der Waals surface area (Å²) in [7, 11) is 0. The molecule has 2 rings (SSSR count). The number of halogens is 1. The molecule has 2 fully saturated rings. The molecule has 2 N–H and O–H groups in total. The largest absolute Gasteiger partial charge is 0.381 e. The second-order valence-electron chi connectivity index (χ2n) is 8.10. The predicted octanol–water partition coefficient (Wildman–Crippen LogP) is 3.11. The molecule has 0 radical (unpaired) electrons. The van der Waals surface area contributed by atoms with Gasteiger partial charge in [-0.3, -0.25) is 4.99 Å². The maximum atomic E-state index is 5.74. The summed E-state index contributed by atoms with van der Waals surface area (Å²) in [6, 6.07) is 0. The van der Waals surface area contributed by atoms with E-state index in [1.807, 2.05) is 0 Å². The van der Waals surface area contributed by atoms with Crippen molar-refractivity contribution in [2.24, 2.45) is 16.8 Å². The molecule has 2 atom stereocenters. The van der Waals surface area contributed by atoms with Crippen molar-refractivity contribution in [3.63, 3.8) is 0 Å². The van der Waals surface area contributed by atoms with Gasteiger partial charge in [-0.05, 0) is 64.5 Å². The minimum atomic E-state index is 0. The van der Waals surface area contributed by atoms with E-state index in [0.717, 1.165) is 70.8 Å². The van der Waals surface area contributed by atoms with Crippen LogP contribution < -0.4 is 10.6 Å². The van der Waals surface area contributed by atoms with Gasteiger partial charge in [0.05, 0.1) is 13.2 Å². The number of guanidine groups is 1. The quantitative estimate of drug-likeness (QED) is 0.183. The summed E-state index contributed by atoms with van der Waals surface area (Å²) in [6.07, 6.45) is 7.34. The predicted molar refractivity (Wildman–Crippen MR) is 128 cm³/mol. The van der Waals surface area contributed by atoms with Gasteiger partial charge in [0.25, 0.3) is 0 Å². The fourth-order valence-corrected chi connectivity index (χ4v) is 3.82. The molecule has 6 nitrogen and oxygen atoms in total. The molecule has 0 saturated carbocycles. The van der Waals surface area contributed by atoms with Crippen molar-refractivity contribution in [2.75, 3.05) is 65.7 Å². The molecule has 0 aliphatic carbocycles. The van der Waals surface area contributed by atoms with Gasteiger partial charge < -0.3 is 25.0 Å². The Kier molecular flexibility index (Phi) is 15.4. The molecule has 7 heteroatoms. The van der Waals surface area contributed by atoms with Crippen molar-refractivity contribution in [3.8, 4) is 0 Å². The molecule has 0 bridgehead atoms. The van der Waals surface area contributed by atoms with E-state index in [0.29, 0.717) is 5.92 Å². The number of hydrogen-bond donors (Lipinski definition) is 2. The molecule has 2 aliphatic heterocycles. The number of aliphatic imine (C=N–C) groups is 1. The Morgan fingerprint density at radius 3 is 2.86 bits per heavy atom. The Labute approximate surface area is 189 Å². The minimum absolute atomic E-state index is 0. The number of piperidine rings is 1. The van der Waals surface area contributed by atoms with Crippen molar-refractivity contribution < 1.29 is 9.47 Å². The lowest BCUT2D eigenvalue weighted by Crippen LogP contribution is -2.38. The van der Waals surface area contributed by atoms with Crippen LogP contribution in [-0.2, 0) is 9.47 Å². The van der Waals surface area contributed by atoms with E-state index in [1.54, 1.807) is 0 Å². The second-order valence-corrected chi connectivity index (χ2v) is 8.10. The summed E-state index contributed by atoms with van der Waals surface area (Å²) in [4.78, 5) is 7.29. The van der Waals surface area contributed by atoms with E-state index in [4.69, 9.17) is 9.47 Å². The summed E-state index contributed by atoms with van der Waals surface area (Å²) < 4.78 is 11.1. The summed E-state index contributed by atoms with van der Waals surface area (Å²) in [5, 5.41) is 6.80. The van der Waals surface area contributed by atoms with Crippen LogP contribution in [0, 0.1) is 11.8 Å². The SMILES string of the molecule is CCNC(=NCCCOCC1CCOC1)NCCCCN1CCCC(C)C1.I. The van der Waals surface area contributed by atoms with Crippen LogP contribution in [0.1, 0.15) is 52.4 Å². The number of nitrogens with zero attached hydrogens (tertiary/aromatic N) is 2. The number of likely N-dealkylation sites (tertiary alicyclic amines) is 1. The summed E-state index contributed by atoms with van der Waals surface area (Å²) in [5.41, 5.74) is 0. The van der Waals surface area contributed by atoms with Crippen LogP contribution in [0.2, 0.25) is 0 Å². The van der Waals surface area contributed by atoms with Gasteiger partial charge in [0.2, 0.25) is 0 Å². The normalized spacial score (nSPS) is 23.4. The van der Waals surface area contributed by atoms with Gasteiger partial charge in [-0.1, -0.05) is 6.92 Å². The second kappa shape index (κ2) is 16.7. The van der Waals surface area contributed by atoms with Crippen molar-refractivity contribution >= 4 is 29.9 Å². The summed E-state index contributed by atoms with van der Waals surface area (Å²) in [5.74, 6) is 2.41. The molecule has 0 amide bonds. The molecule has 28 heavy (non-hydrogen) atoms. The zero-order valence-corrected chi connectivity index (χ0v) is 20.4. The van der Waals surface area contributed by atoms with Gasteiger partial charge in [-0.25, -0.2) is 0 Å². The Balaban J connectivity index is 0.00000392. The topological polar surface area (TPSA) is 58.1 Å². The van der Waals surface area contributed by atoms with Crippen LogP contribution in [0.25, 0.3) is 0 Å². The van der Waals surface area contributed by atoms with Crippen molar-refractivity contribution in [2.45, 2.75) is 52.4 Å². The molecule has 0 aromatic carbocycles. The molecule has 166 valence electrons. The number of nitrogens with one attached hydrogen (secondary N) is 2. The van der Waals surface area contributed by atoms with E-state index in [1.165, 1.54) is 45.3 Å². The van der Waals surface area contributed by atoms with Gasteiger partial charge in [0, 0.05) is 45.3 Å². The van der Waals surface area contributed by atoms with Crippen LogP contribution >= 0.6 is 24.0 Å². The average Bonchev–Trinajstić information content (AvgIpc) is 3.17. The highest BCUT2D eigenvalue weighted by atomic mass is 127. The zero-order chi connectivity index (χ0) is 19.2. The van der Waals surface area contributed by atoms with E-state index >= 15 is 0 Å². The van der Waals surface area contributed by atoms with Crippen LogP contribution in [0.15, 0.2) is 4.99 Å². The highest BCUT2D eigenvalue weighted by Gasteiger charge is 2.16. The fourth-order valence-electron chi connectivity index (χ4n) is 3.82. The van der Waals surface area contributed by atoms with Crippen molar-refractivity contribution in [3.05, 3.63) is 0 Å². The number of hydrogen-bond acceptors (Lipinski definition) is 4. The summed E-state index contributed by atoms with van der Waals surface area (Å²) >= 11 is 0. The van der Waals surface area contributed by atoms with Crippen molar-refractivity contribution in [1.82, 2.24) is 15.5 Å². The molecule has 0 aromatic rings. The molecule has 2 heterocycles. The van der Waals surface area contributed by atoms with Gasteiger partial charge >= 0.3 is 0 Å². The van der Waals surface area contributed by atoms with E-state index < -0.39 is 0 Å². The Bertz CT molecular complexity index is 406.